The molecule has 0 N–H and O–H groups in total. The van der Waals surface area contributed by atoms with E-state index in [1.54, 1.807) is 11.1 Å². The van der Waals surface area contributed by atoms with Gasteiger partial charge in [-0.2, -0.15) is 0 Å². The fourth-order valence-corrected chi connectivity index (χ4v) is 3.21. The predicted octanol–water partition coefficient (Wildman–Crippen LogP) is 4.61. The molecule has 1 heterocycles. The molecule has 0 fully saturated rings. The summed E-state index contributed by atoms with van der Waals surface area (Å²) < 4.78 is 6.23. The second-order valence-electron chi connectivity index (χ2n) is 5.27. The zero-order chi connectivity index (χ0) is 11.4. The van der Waals surface area contributed by atoms with Gasteiger partial charge in [-0.1, -0.05) is 33.1 Å². The summed E-state index contributed by atoms with van der Waals surface area (Å²) in [5, 5.41) is 0. The lowest BCUT2D eigenvalue weighted by atomic mass is 9.86. The van der Waals surface area contributed by atoms with Crippen LogP contribution in [0.3, 0.4) is 0 Å². The molecule has 1 nitrogen and oxygen atoms in total. The molecule has 16 heavy (non-hydrogen) atoms. The van der Waals surface area contributed by atoms with Crippen LogP contribution in [0.1, 0.15) is 71.6 Å². The highest BCUT2D eigenvalue weighted by molar-refractivity contribution is 5.28. The third-order valence-electron chi connectivity index (χ3n) is 4.10. The highest BCUT2D eigenvalue weighted by atomic mass is 16.5. The van der Waals surface area contributed by atoms with Crippen LogP contribution in [0.25, 0.3) is 0 Å². The van der Waals surface area contributed by atoms with Crippen LogP contribution < -0.4 is 0 Å². The molecule has 2 atom stereocenters. The average Bonchev–Trinajstić information content (AvgIpc) is 2.68. The van der Waals surface area contributed by atoms with E-state index in [1.807, 2.05) is 0 Å². The molecule has 0 spiro atoms. The monoisotopic (exact) mass is 222 g/mol. The average molecular weight is 222 g/mol. The van der Waals surface area contributed by atoms with Crippen molar-refractivity contribution in [3.8, 4) is 0 Å². The third kappa shape index (κ3) is 2.51. The molecule has 0 aromatic carbocycles. The van der Waals surface area contributed by atoms with E-state index in [2.05, 4.69) is 13.8 Å². The summed E-state index contributed by atoms with van der Waals surface area (Å²) >= 11 is 0. The van der Waals surface area contributed by atoms with E-state index in [-0.39, 0.29) is 0 Å². The quantitative estimate of drug-likeness (QED) is 0.487. The molecular weight excluding hydrogens is 196 g/mol. The lowest BCUT2D eigenvalue weighted by Crippen LogP contribution is -2.14. The van der Waals surface area contributed by atoms with E-state index in [9.17, 15) is 0 Å². The lowest BCUT2D eigenvalue weighted by molar-refractivity contribution is 0.0436. The van der Waals surface area contributed by atoms with Gasteiger partial charge in [0.05, 0.1) is 12.2 Å². The third-order valence-corrected chi connectivity index (χ3v) is 4.10. The van der Waals surface area contributed by atoms with Gasteiger partial charge >= 0.3 is 0 Å². The van der Waals surface area contributed by atoms with Gasteiger partial charge < -0.3 is 4.74 Å². The van der Waals surface area contributed by atoms with E-state index in [1.165, 1.54) is 57.8 Å². The Labute approximate surface area is 100 Å². The Balaban J connectivity index is 1.96. The van der Waals surface area contributed by atoms with Gasteiger partial charge in [-0.05, 0) is 49.7 Å². The normalized spacial score (nSPS) is 29.6. The van der Waals surface area contributed by atoms with Crippen molar-refractivity contribution in [2.75, 3.05) is 0 Å². The van der Waals surface area contributed by atoms with E-state index in [4.69, 9.17) is 4.74 Å². The van der Waals surface area contributed by atoms with Crippen molar-refractivity contribution in [2.24, 2.45) is 0 Å². The summed E-state index contributed by atoms with van der Waals surface area (Å²) in [5.41, 5.74) is 3.39. The van der Waals surface area contributed by atoms with Crippen molar-refractivity contribution in [3.05, 3.63) is 11.1 Å². The fraction of sp³-hybridized carbons (Fsp3) is 0.867. The summed E-state index contributed by atoms with van der Waals surface area (Å²) in [4.78, 5) is 0. The standard InChI is InChI=1S/C15H26O/c1-3-5-6-11-15-13-10-8-7-9-12(13)14(4-2)16-15/h14-15H,3-11H2,1-2H3. The lowest BCUT2D eigenvalue weighted by Gasteiger charge is -2.17. The second kappa shape index (κ2) is 5.86. The first kappa shape index (κ1) is 12.2. The second-order valence-corrected chi connectivity index (χ2v) is 5.27. The van der Waals surface area contributed by atoms with Gasteiger partial charge in [0.1, 0.15) is 0 Å². The molecule has 1 aliphatic heterocycles. The largest absolute Gasteiger partial charge is 0.366 e. The molecule has 0 radical (unpaired) electrons. The van der Waals surface area contributed by atoms with E-state index < -0.39 is 0 Å². The first-order valence-electron chi connectivity index (χ1n) is 7.24. The van der Waals surface area contributed by atoms with Crippen molar-refractivity contribution < 1.29 is 4.74 Å². The van der Waals surface area contributed by atoms with Crippen molar-refractivity contribution in [1.29, 1.82) is 0 Å². The van der Waals surface area contributed by atoms with Gasteiger partial charge in [-0.15, -0.1) is 0 Å². The molecule has 0 aromatic heterocycles. The Bertz CT molecular complexity index is 254. The molecule has 1 heteroatoms. The van der Waals surface area contributed by atoms with Crippen molar-refractivity contribution in [3.63, 3.8) is 0 Å². The van der Waals surface area contributed by atoms with Gasteiger partial charge in [-0.3, -0.25) is 0 Å². The summed E-state index contributed by atoms with van der Waals surface area (Å²) in [7, 11) is 0. The first-order chi connectivity index (χ1) is 7.86. The van der Waals surface area contributed by atoms with Crippen LogP contribution in [0.2, 0.25) is 0 Å². The van der Waals surface area contributed by atoms with Crippen molar-refractivity contribution in [2.45, 2.75) is 83.8 Å². The molecular formula is C15H26O. The van der Waals surface area contributed by atoms with Crippen molar-refractivity contribution in [1.82, 2.24) is 0 Å². The highest BCUT2D eigenvalue weighted by Crippen LogP contribution is 2.40. The Morgan fingerprint density at radius 2 is 1.69 bits per heavy atom. The number of unbranched alkanes of at least 4 members (excludes halogenated alkanes) is 2. The molecule has 0 amide bonds. The van der Waals surface area contributed by atoms with Gasteiger partial charge in [0.2, 0.25) is 0 Å². The number of ether oxygens (including phenoxy) is 1. The van der Waals surface area contributed by atoms with Crippen LogP contribution in [-0.2, 0) is 4.74 Å². The first-order valence-corrected chi connectivity index (χ1v) is 7.24. The SMILES string of the molecule is CCCCCC1OC(CC)C2=C1CCCC2. The van der Waals surface area contributed by atoms with Gasteiger partial charge in [0.25, 0.3) is 0 Å². The van der Waals surface area contributed by atoms with Crippen LogP contribution in [-0.4, -0.2) is 12.2 Å². The topological polar surface area (TPSA) is 9.23 Å². The molecule has 0 saturated heterocycles. The fourth-order valence-electron chi connectivity index (χ4n) is 3.21. The minimum atomic E-state index is 0.474. The summed E-state index contributed by atoms with van der Waals surface area (Å²) in [6.45, 7) is 4.54. The molecule has 1 aliphatic carbocycles. The summed E-state index contributed by atoms with van der Waals surface area (Å²) in [6, 6.07) is 0. The van der Waals surface area contributed by atoms with E-state index in [0.29, 0.717) is 12.2 Å². The minimum Gasteiger partial charge on any atom is -0.366 e. The van der Waals surface area contributed by atoms with Crippen LogP contribution in [0.15, 0.2) is 11.1 Å². The Kier molecular flexibility index (Phi) is 4.45. The smallest absolute Gasteiger partial charge is 0.0796 e. The number of hydrogen-bond acceptors (Lipinski definition) is 1. The maximum Gasteiger partial charge on any atom is 0.0796 e. The van der Waals surface area contributed by atoms with Crippen molar-refractivity contribution >= 4 is 0 Å². The van der Waals surface area contributed by atoms with Crippen LogP contribution in [0, 0.1) is 0 Å². The minimum absolute atomic E-state index is 0.474. The molecule has 2 unspecified atom stereocenters. The Morgan fingerprint density at radius 3 is 2.31 bits per heavy atom. The van der Waals surface area contributed by atoms with E-state index >= 15 is 0 Å². The predicted molar refractivity (Wildman–Crippen MR) is 68.6 cm³/mol. The number of hydrogen-bond donors (Lipinski definition) is 0. The molecule has 0 aromatic rings. The van der Waals surface area contributed by atoms with Gasteiger partial charge in [-0.25, -0.2) is 0 Å². The highest BCUT2D eigenvalue weighted by Gasteiger charge is 2.33. The maximum absolute atomic E-state index is 6.23. The molecule has 92 valence electrons. The molecule has 0 bridgehead atoms. The van der Waals surface area contributed by atoms with E-state index in [0.717, 1.165) is 0 Å². The van der Waals surface area contributed by atoms with Crippen LogP contribution in [0.5, 0.6) is 0 Å². The molecule has 0 saturated carbocycles. The molecule has 2 aliphatic rings. The van der Waals surface area contributed by atoms with Crippen LogP contribution >= 0.6 is 0 Å². The number of rotatable bonds is 5. The Hall–Kier alpha value is -0.300. The summed E-state index contributed by atoms with van der Waals surface area (Å²) in [5.74, 6) is 0. The van der Waals surface area contributed by atoms with Gasteiger partial charge in [0.15, 0.2) is 0 Å². The van der Waals surface area contributed by atoms with Gasteiger partial charge in [0, 0.05) is 0 Å². The zero-order valence-electron chi connectivity index (χ0n) is 10.9. The maximum atomic E-state index is 6.23. The summed E-state index contributed by atoms with van der Waals surface area (Å²) in [6.07, 6.45) is 12.8. The zero-order valence-corrected chi connectivity index (χ0v) is 10.9. The van der Waals surface area contributed by atoms with Crippen LogP contribution in [0.4, 0.5) is 0 Å². The molecule has 2 rings (SSSR count). The Morgan fingerprint density at radius 1 is 1.00 bits per heavy atom.